The number of halogens is 1. The number of benzene rings is 2. The van der Waals surface area contributed by atoms with Gasteiger partial charge >= 0.3 is 31.1 Å². The highest BCUT2D eigenvalue weighted by Gasteiger charge is 2.58. The number of nitrogen functional groups attached to an aromatic ring is 2. The van der Waals surface area contributed by atoms with E-state index in [0.29, 0.717) is 10.8 Å². The van der Waals surface area contributed by atoms with E-state index in [9.17, 15) is 57.6 Å². The molecule has 8 heterocycles. The number of anilines is 3. The van der Waals surface area contributed by atoms with Crippen molar-refractivity contribution in [1.29, 1.82) is 0 Å². The van der Waals surface area contributed by atoms with Gasteiger partial charge in [-0.3, -0.25) is 46.8 Å². The third kappa shape index (κ3) is 11.7. The molecule has 82 heavy (non-hydrogen) atoms. The number of H-pyrrole nitrogens is 2. The van der Waals surface area contributed by atoms with Gasteiger partial charge in [0.15, 0.2) is 51.3 Å². The van der Waals surface area contributed by atoms with Crippen LogP contribution < -0.4 is 37.9 Å². The minimum Gasteiger partial charge on any atom is -0.492 e. The van der Waals surface area contributed by atoms with E-state index >= 15 is 0 Å². The normalized spacial score (nSPS) is 24.1. The number of nitrogens with one attached hydrogen (secondary N) is 3. The van der Waals surface area contributed by atoms with Gasteiger partial charge in [-0.15, -0.1) is 0 Å². The smallest absolute Gasteiger partial charge is 0.488 e. The summed E-state index contributed by atoms with van der Waals surface area (Å²) in [5.41, 5.74) is 7.98. The van der Waals surface area contributed by atoms with Crippen molar-refractivity contribution in [2.75, 3.05) is 57.4 Å². The second kappa shape index (κ2) is 22.6. The molecule has 0 saturated carbocycles. The minimum absolute atomic E-state index is 0.00306. The largest absolute Gasteiger partial charge is 0.492 e. The van der Waals surface area contributed by atoms with Crippen molar-refractivity contribution in [2.45, 2.75) is 49.0 Å². The monoisotopic (exact) mass is 1240 g/mol. The molecule has 0 radical (unpaired) electrons. The van der Waals surface area contributed by atoms with Gasteiger partial charge in [0.25, 0.3) is 11.1 Å². The molecule has 8 aromatic rings. The number of rotatable bonds is 22. The van der Waals surface area contributed by atoms with E-state index < -0.39 is 110 Å². The number of methoxy groups -OCH3 is 1. The number of aliphatic hydroxyl groups excluding tert-OH is 2. The summed E-state index contributed by atoms with van der Waals surface area (Å²) in [6, 6.07) is 11.0. The molecule has 11 atom stereocenters. The number of fused-ring (bicyclic) bond motifs is 3. The first-order valence-electron chi connectivity index (χ1n) is 23.5. The van der Waals surface area contributed by atoms with Crippen molar-refractivity contribution in [2.24, 2.45) is 0 Å². The number of aliphatic hydroxyl groups is 2. The Kier molecular flexibility index (Phi) is 16.2. The quantitative estimate of drug-likeness (QED) is 0.0413. The SMILES string of the molecule is CNc1ncnc2c1ncn2C1(OC)COC(COP(=O)(O)OP(=O)(O)OP(=O)(O)c2ccc(-c3nc4nc(N)[nH]c(=O)c4n3CCOc3ccc(Cl)cc3)cc2)C1OP(=O)(O)OCC1OC(n2cnc3c(=O)[nH]c(N)nc32)C(O)C1O. The molecule has 2 saturated heterocycles. The lowest BCUT2D eigenvalue weighted by molar-refractivity contribution is -0.135. The number of phosphoric acid groups is 3. The van der Waals surface area contributed by atoms with Crippen LogP contribution in [-0.2, 0) is 66.9 Å². The lowest BCUT2D eigenvalue weighted by Crippen LogP contribution is -2.49. The van der Waals surface area contributed by atoms with Crippen LogP contribution in [0.1, 0.15) is 6.23 Å². The van der Waals surface area contributed by atoms with E-state index in [-0.39, 0.29) is 75.7 Å². The van der Waals surface area contributed by atoms with E-state index in [1.54, 1.807) is 24.3 Å². The topological polar surface area (TPSA) is 508 Å². The van der Waals surface area contributed by atoms with Gasteiger partial charge in [0.2, 0.25) is 11.9 Å². The number of aromatic nitrogens is 12. The summed E-state index contributed by atoms with van der Waals surface area (Å²) in [5.74, 6) is 0.258. The van der Waals surface area contributed by atoms with Gasteiger partial charge in [-0.2, -0.15) is 14.3 Å². The van der Waals surface area contributed by atoms with Crippen LogP contribution in [0.4, 0.5) is 17.7 Å². The highest BCUT2D eigenvalue weighted by molar-refractivity contribution is 7.71. The van der Waals surface area contributed by atoms with Crippen LogP contribution in [0, 0.1) is 0 Å². The minimum atomic E-state index is -6.09. The second-order valence-corrected chi connectivity index (χ2v) is 24.6. The summed E-state index contributed by atoms with van der Waals surface area (Å²) in [6.07, 6.45) is -7.04. The third-order valence-corrected chi connectivity index (χ3v) is 18.6. The van der Waals surface area contributed by atoms with Crippen LogP contribution >= 0.6 is 42.7 Å². The summed E-state index contributed by atoms with van der Waals surface area (Å²) in [4.78, 5) is 103. The maximum absolute atomic E-state index is 14.0. The van der Waals surface area contributed by atoms with Crippen molar-refractivity contribution < 1.29 is 89.2 Å². The zero-order valence-electron chi connectivity index (χ0n) is 42.0. The molecule has 0 amide bonds. The lowest BCUT2D eigenvalue weighted by atomic mass is 10.1. The maximum atomic E-state index is 14.0. The Hall–Kier alpha value is -6.46. The number of aromatic amines is 2. The maximum Gasteiger partial charge on any atom is 0.488 e. The Morgan fingerprint density at radius 1 is 0.805 bits per heavy atom. The molecule has 6 aromatic heterocycles. The first-order valence-corrected chi connectivity index (χ1v) is 30.0. The highest BCUT2D eigenvalue weighted by Crippen LogP contribution is 2.67. The van der Waals surface area contributed by atoms with Gasteiger partial charge in [-0.25, -0.2) is 42.9 Å². The molecular weight excluding hydrogens is 1200 g/mol. The predicted octanol–water partition coefficient (Wildman–Crippen LogP) is 0.579. The van der Waals surface area contributed by atoms with Crippen LogP contribution in [0.15, 0.2) is 77.1 Å². The second-order valence-electron chi connectivity index (χ2n) is 17.7. The van der Waals surface area contributed by atoms with Crippen molar-refractivity contribution in [3.05, 3.63) is 93.2 Å². The average molecular weight is 1240 g/mol. The Labute approximate surface area is 462 Å². The molecule has 438 valence electrons. The number of imidazole rings is 3. The van der Waals surface area contributed by atoms with Gasteiger partial charge < -0.3 is 70.1 Å². The molecule has 10 rings (SSSR count). The van der Waals surface area contributed by atoms with E-state index in [2.05, 4.69) is 58.8 Å². The van der Waals surface area contributed by atoms with Crippen molar-refractivity contribution in [1.82, 2.24) is 58.6 Å². The molecule has 13 N–H and O–H groups in total. The van der Waals surface area contributed by atoms with Gasteiger partial charge in [-0.1, -0.05) is 23.7 Å². The molecular formula is C41H46ClN15O21P4. The molecule has 11 unspecified atom stereocenters. The van der Waals surface area contributed by atoms with Crippen LogP contribution in [-0.4, -0.2) is 159 Å². The number of phosphoric ester groups is 2. The first-order chi connectivity index (χ1) is 38.8. The van der Waals surface area contributed by atoms with E-state index in [0.717, 1.165) is 36.5 Å². The number of nitrogens with two attached hydrogens (primary N) is 2. The Balaban J connectivity index is 0.840. The van der Waals surface area contributed by atoms with Crippen molar-refractivity contribution in [3.8, 4) is 17.1 Å². The van der Waals surface area contributed by atoms with Gasteiger partial charge in [0, 0.05) is 24.7 Å². The average Bonchev–Trinajstić information content (AvgIpc) is 2.63. The fourth-order valence-corrected chi connectivity index (χ4v) is 14.0. The van der Waals surface area contributed by atoms with Crippen LogP contribution in [0.5, 0.6) is 5.75 Å². The molecule has 2 fully saturated rings. The van der Waals surface area contributed by atoms with Crippen LogP contribution in [0.25, 0.3) is 44.9 Å². The summed E-state index contributed by atoms with van der Waals surface area (Å²) in [6.45, 7) is -2.81. The Morgan fingerprint density at radius 3 is 2.21 bits per heavy atom. The first kappa shape index (κ1) is 58.7. The van der Waals surface area contributed by atoms with Crippen LogP contribution in [0.2, 0.25) is 5.02 Å². The van der Waals surface area contributed by atoms with E-state index in [4.69, 9.17) is 55.6 Å². The molecule has 0 aliphatic carbocycles. The number of ether oxygens (including phenoxy) is 4. The molecule has 0 spiro atoms. The highest BCUT2D eigenvalue weighted by atomic mass is 35.5. The number of hydrogen-bond donors (Lipinski definition) is 11. The molecule has 41 heteroatoms. The summed E-state index contributed by atoms with van der Waals surface area (Å²) in [5, 5.41) is 24.6. The number of hydrogen-bond acceptors (Lipinski definition) is 27. The fourth-order valence-electron chi connectivity index (χ4n) is 8.92. The standard InChI is InChI=1S/C41H46ClN15O21P4/c1-45-31-25-34(47-16-46-31)57(18-49-25)41(70-2)15-72-24(30(41)76-80(64,65)73-13-23-28(58)29(59)38(75-23)56-17-48-26-35(56)52-40(44)53-36(26)60)14-74-81(66,67)78-82(68,69)77-79(62,63)22-9-3-19(4-10-22)33-50-32-27(37(61)54-39(43)51-32)55(33)11-12-71-21-7-5-20(42)6-8-21/h3-10,16-18,23-24,28-30,38,58-59H,11-15H2,1-2H3,(H,62,63)(H,64,65)(H,66,67)(H,68,69)(H,45,46,47)(H3,43,51,54,61)(H3,44,52,53,60). The summed E-state index contributed by atoms with van der Waals surface area (Å²) >= 11 is 5.97. The Bertz CT molecular complexity index is 4040. The van der Waals surface area contributed by atoms with Crippen molar-refractivity contribution in [3.63, 3.8) is 0 Å². The fraction of sp³-hybridized carbons (Fsp3) is 0.341. The Morgan fingerprint density at radius 2 is 1.49 bits per heavy atom. The lowest BCUT2D eigenvalue weighted by Gasteiger charge is -2.35. The molecule has 2 aliphatic rings. The number of nitrogens with zero attached hydrogens (tertiary/aromatic N) is 10. The van der Waals surface area contributed by atoms with Gasteiger partial charge in [0.05, 0.1) is 44.3 Å². The molecule has 2 aliphatic heterocycles. The van der Waals surface area contributed by atoms with E-state index in [1.165, 1.54) is 34.6 Å². The zero-order valence-corrected chi connectivity index (χ0v) is 46.3. The van der Waals surface area contributed by atoms with Gasteiger partial charge in [-0.05, 0) is 36.4 Å². The molecule has 36 nitrogen and oxygen atoms in total. The van der Waals surface area contributed by atoms with Gasteiger partial charge in [0.1, 0.15) is 55.0 Å². The predicted molar refractivity (Wildman–Crippen MR) is 281 cm³/mol. The molecule has 2 aromatic carbocycles. The summed E-state index contributed by atoms with van der Waals surface area (Å²) < 4.78 is 106. The summed E-state index contributed by atoms with van der Waals surface area (Å²) in [7, 11) is -20.3. The third-order valence-electron chi connectivity index (χ3n) is 12.6. The van der Waals surface area contributed by atoms with Crippen molar-refractivity contribution >= 4 is 99.2 Å². The van der Waals surface area contributed by atoms with Crippen LogP contribution in [0.3, 0.4) is 0 Å². The molecule has 0 bridgehead atoms. The van der Waals surface area contributed by atoms with E-state index in [1.807, 2.05) is 0 Å². The zero-order chi connectivity index (χ0) is 58.7.